The monoisotopic (exact) mass is 182 g/mol. The van der Waals surface area contributed by atoms with E-state index in [0.717, 1.165) is 11.3 Å². The molecule has 72 valence electrons. The van der Waals surface area contributed by atoms with Crippen LogP contribution in [0.3, 0.4) is 0 Å². The van der Waals surface area contributed by atoms with Crippen molar-refractivity contribution in [2.45, 2.75) is 13.3 Å². The zero-order chi connectivity index (χ0) is 9.52. The molecule has 1 aromatic carbocycles. The van der Waals surface area contributed by atoms with Gasteiger partial charge in [-0.2, -0.15) is 0 Å². The third-order valence-electron chi connectivity index (χ3n) is 1.69. The standard InChI is InChI=1S/C10H14O3/c1-2-12-10-5-3-4-9(8-10)6-7-13-11/h3-5,8,11H,2,6-7H2,1H3. The first-order valence-electron chi connectivity index (χ1n) is 4.35. The molecule has 0 spiro atoms. The summed E-state index contributed by atoms with van der Waals surface area (Å²) in [5.41, 5.74) is 1.10. The summed E-state index contributed by atoms with van der Waals surface area (Å²) in [5, 5.41) is 8.17. The highest BCUT2D eigenvalue weighted by molar-refractivity contribution is 5.28. The molecule has 0 bridgehead atoms. The number of ether oxygens (including phenoxy) is 1. The zero-order valence-electron chi connectivity index (χ0n) is 7.69. The highest BCUT2D eigenvalue weighted by Crippen LogP contribution is 2.13. The van der Waals surface area contributed by atoms with Crippen molar-refractivity contribution in [2.24, 2.45) is 0 Å². The minimum absolute atomic E-state index is 0.315. The van der Waals surface area contributed by atoms with Crippen LogP contribution in [0, 0.1) is 0 Å². The number of rotatable bonds is 5. The van der Waals surface area contributed by atoms with Crippen LogP contribution < -0.4 is 4.74 Å². The normalized spacial score (nSPS) is 10.0. The Morgan fingerprint density at radius 1 is 1.38 bits per heavy atom. The Balaban J connectivity index is 2.56. The van der Waals surface area contributed by atoms with Crippen LogP contribution >= 0.6 is 0 Å². The molecule has 0 fully saturated rings. The van der Waals surface area contributed by atoms with Gasteiger partial charge in [0, 0.05) is 0 Å². The maximum atomic E-state index is 8.17. The van der Waals surface area contributed by atoms with Crippen molar-refractivity contribution in [3.8, 4) is 5.75 Å². The maximum absolute atomic E-state index is 8.17. The number of hydrogen-bond acceptors (Lipinski definition) is 3. The lowest BCUT2D eigenvalue weighted by Crippen LogP contribution is -1.96. The molecule has 0 saturated heterocycles. The lowest BCUT2D eigenvalue weighted by atomic mass is 10.1. The summed E-state index contributed by atoms with van der Waals surface area (Å²) in [5.74, 6) is 0.859. The van der Waals surface area contributed by atoms with Gasteiger partial charge in [0.1, 0.15) is 5.75 Å². The van der Waals surface area contributed by atoms with Gasteiger partial charge in [-0.3, -0.25) is 5.26 Å². The van der Waals surface area contributed by atoms with E-state index in [-0.39, 0.29) is 0 Å². The van der Waals surface area contributed by atoms with Gasteiger partial charge in [-0.25, -0.2) is 4.89 Å². The molecule has 0 aliphatic heterocycles. The summed E-state index contributed by atoms with van der Waals surface area (Å²) >= 11 is 0. The minimum atomic E-state index is 0.315. The quantitative estimate of drug-likeness (QED) is 0.560. The summed E-state index contributed by atoms with van der Waals surface area (Å²) < 4.78 is 5.32. The molecule has 0 aliphatic rings. The second kappa shape index (κ2) is 5.56. The van der Waals surface area contributed by atoms with Crippen molar-refractivity contribution < 1.29 is 14.9 Å². The van der Waals surface area contributed by atoms with E-state index in [1.165, 1.54) is 0 Å². The third-order valence-corrected chi connectivity index (χ3v) is 1.69. The van der Waals surface area contributed by atoms with Crippen LogP contribution in [-0.4, -0.2) is 18.5 Å². The van der Waals surface area contributed by atoms with Crippen molar-refractivity contribution >= 4 is 0 Å². The van der Waals surface area contributed by atoms with Crippen molar-refractivity contribution in [1.29, 1.82) is 0 Å². The predicted octanol–water partition coefficient (Wildman–Crippen LogP) is 2.12. The average molecular weight is 182 g/mol. The van der Waals surface area contributed by atoms with E-state index in [1.807, 2.05) is 31.2 Å². The Morgan fingerprint density at radius 2 is 2.23 bits per heavy atom. The summed E-state index contributed by atoms with van der Waals surface area (Å²) in [7, 11) is 0. The topological polar surface area (TPSA) is 38.7 Å². The Hall–Kier alpha value is -1.06. The van der Waals surface area contributed by atoms with Crippen LogP contribution in [0.15, 0.2) is 24.3 Å². The second-order valence-corrected chi connectivity index (χ2v) is 2.66. The highest BCUT2D eigenvalue weighted by atomic mass is 17.1. The minimum Gasteiger partial charge on any atom is -0.494 e. The zero-order valence-corrected chi connectivity index (χ0v) is 7.69. The smallest absolute Gasteiger partial charge is 0.119 e. The second-order valence-electron chi connectivity index (χ2n) is 2.66. The molecule has 3 nitrogen and oxygen atoms in total. The van der Waals surface area contributed by atoms with Gasteiger partial charge in [-0.15, -0.1) is 0 Å². The molecule has 1 aromatic rings. The highest BCUT2D eigenvalue weighted by Gasteiger charge is 1.95. The fourth-order valence-corrected chi connectivity index (χ4v) is 1.12. The third kappa shape index (κ3) is 3.44. The Bertz CT molecular complexity index is 248. The van der Waals surface area contributed by atoms with E-state index in [2.05, 4.69) is 4.89 Å². The van der Waals surface area contributed by atoms with Gasteiger partial charge in [0.15, 0.2) is 0 Å². The number of benzene rings is 1. The van der Waals surface area contributed by atoms with Gasteiger partial charge >= 0.3 is 0 Å². The van der Waals surface area contributed by atoms with Crippen LogP contribution in [0.5, 0.6) is 5.75 Å². The van der Waals surface area contributed by atoms with Gasteiger partial charge < -0.3 is 4.74 Å². The van der Waals surface area contributed by atoms with Crippen molar-refractivity contribution in [3.63, 3.8) is 0 Å². The molecule has 0 heterocycles. The molecule has 3 heteroatoms. The Kier molecular flexibility index (Phi) is 4.29. The van der Waals surface area contributed by atoms with Gasteiger partial charge in [0.25, 0.3) is 0 Å². The lowest BCUT2D eigenvalue weighted by molar-refractivity contribution is -0.241. The molecule has 0 aromatic heterocycles. The van der Waals surface area contributed by atoms with E-state index in [9.17, 15) is 0 Å². The first kappa shape index (κ1) is 10.0. The molecule has 1 N–H and O–H groups in total. The SMILES string of the molecule is CCOc1cccc(CCOO)c1. The molecule has 0 atom stereocenters. The summed E-state index contributed by atoms with van der Waals surface area (Å²) in [6.07, 6.45) is 0.692. The molecule has 0 amide bonds. The molecular formula is C10H14O3. The Labute approximate surface area is 77.8 Å². The van der Waals surface area contributed by atoms with Crippen LogP contribution in [-0.2, 0) is 11.3 Å². The molecule has 0 saturated carbocycles. The fraction of sp³-hybridized carbons (Fsp3) is 0.400. The van der Waals surface area contributed by atoms with Crippen molar-refractivity contribution in [3.05, 3.63) is 29.8 Å². The molecular weight excluding hydrogens is 168 g/mol. The fourth-order valence-electron chi connectivity index (χ4n) is 1.12. The molecule has 0 unspecified atom stereocenters. The maximum Gasteiger partial charge on any atom is 0.119 e. The van der Waals surface area contributed by atoms with Crippen LogP contribution in [0.2, 0.25) is 0 Å². The van der Waals surface area contributed by atoms with E-state index >= 15 is 0 Å². The van der Waals surface area contributed by atoms with Gasteiger partial charge in [0.05, 0.1) is 13.2 Å². The van der Waals surface area contributed by atoms with Crippen LogP contribution in [0.1, 0.15) is 12.5 Å². The first-order chi connectivity index (χ1) is 6.36. The molecule has 13 heavy (non-hydrogen) atoms. The van der Waals surface area contributed by atoms with Gasteiger partial charge in [-0.05, 0) is 31.0 Å². The van der Waals surface area contributed by atoms with Crippen molar-refractivity contribution in [2.75, 3.05) is 13.2 Å². The lowest BCUT2D eigenvalue weighted by Gasteiger charge is -2.04. The predicted molar refractivity (Wildman–Crippen MR) is 49.9 cm³/mol. The van der Waals surface area contributed by atoms with E-state index < -0.39 is 0 Å². The van der Waals surface area contributed by atoms with E-state index in [4.69, 9.17) is 9.99 Å². The molecule has 1 rings (SSSR count). The first-order valence-corrected chi connectivity index (χ1v) is 4.35. The van der Waals surface area contributed by atoms with Crippen molar-refractivity contribution in [1.82, 2.24) is 0 Å². The van der Waals surface area contributed by atoms with Crippen LogP contribution in [0.25, 0.3) is 0 Å². The van der Waals surface area contributed by atoms with Crippen LogP contribution in [0.4, 0.5) is 0 Å². The summed E-state index contributed by atoms with van der Waals surface area (Å²) in [6.45, 7) is 2.93. The van der Waals surface area contributed by atoms with Gasteiger partial charge in [-0.1, -0.05) is 12.1 Å². The van der Waals surface area contributed by atoms with E-state index in [0.29, 0.717) is 19.6 Å². The molecule has 0 radical (unpaired) electrons. The number of hydrogen-bond donors (Lipinski definition) is 1. The van der Waals surface area contributed by atoms with Gasteiger partial charge in [0.2, 0.25) is 0 Å². The largest absolute Gasteiger partial charge is 0.494 e. The summed E-state index contributed by atoms with van der Waals surface area (Å²) in [4.78, 5) is 4.00. The Morgan fingerprint density at radius 3 is 2.92 bits per heavy atom. The van der Waals surface area contributed by atoms with E-state index in [1.54, 1.807) is 0 Å². The molecule has 0 aliphatic carbocycles. The summed E-state index contributed by atoms with van der Waals surface area (Å²) in [6, 6.07) is 7.76. The average Bonchev–Trinajstić information content (AvgIpc) is 2.16.